The van der Waals surface area contributed by atoms with Crippen LogP contribution in [0.3, 0.4) is 0 Å². The number of hydrogen-bond acceptors (Lipinski definition) is 6. The minimum Gasteiger partial charge on any atom is -0.475 e. The summed E-state index contributed by atoms with van der Waals surface area (Å²) in [5, 5.41) is 10.8. The quantitative estimate of drug-likeness (QED) is 0.455. The van der Waals surface area contributed by atoms with Crippen LogP contribution < -0.4 is 10.0 Å². The van der Waals surface area contributed by atoms with E-state index in [1.807, 2.05) is 6.07 Å². The second-order valence-electron chi connectivity index (χ2n) is 9.47. The van der Waals surface area contributed by atoms with Gasteiger partial charge in [-0.2, -0.15) is 13.2 Å². The van der Waals surface area contributed by atoms with Gasteiger partial charge in [-0.05, 0) is 74.6 Å². The minimum atomic E-state index is -5.08. The number of nitrogens with zero attached hydrogens (tertiary/aromatic N) is 1. The van der Waals surface area contributed by atoms with Crippen LogP contribution >= 0.6 is 0 Å². The molecule has 3 N–H and O–H groups in total. The monoisotopic (exact) mass is 557 g/mol. The molecular weight excluding hydrogens is 523 g/mol. The summed E-state index contributed by atoms with van der Waals surface area (Å²) in [6.45, 7) is 4.20. The summed E-state index contributed by atoms with van der Waals surface area (Å²) < 4.78 is 65.4. The first kappa shape index (κ1) is 30.0. The molecule has 0 spiro atoms. The van der Waals surface area contributed by atoms with Crippen LogP contribution in [0.25, 0.3) is 11.1 Å². The van der Waals surface area contributed by atoms with Crippen molar-refractivity contribution in [1.29, 1.82) is 0 Å². The summed E-state index contributed by atoms with van der Waals surface area (Å²) >= 11 is 0. The van der Waals surface area contributed by atoms with Crippen LogP contribution in [0.5, 0.6) is 0 Å². The molecule has 0 saturated carbocycles. The van der Waals surface area contributed by atoms with E-state index in [0.29, 0.717) is 19.2 Å². The van der Waals surface area contributed by atoms with Gasteiger partial charge in [0.2, 0.25) is 10.0 Å². The first-order valence-electron chi connectivity index (χ1n) is 12.5. The Bertz CT molecular complexity index is 1150. The van der Waals surface area contributed by atoms with Crippen molar-refractivity contribution in [1.82, 2.24) is 14.9 Å². The molecule has 210 valence electrons. The number of benzene rings is 2. The normalized spacial score (nSPS) is 19.1. The van der Waals surface area contributed by atoms with Crippen molar-refractivity contribution in [3.63, 3.8) is 0 Å². The zero-order valence-corrected chi connectivity index (χ0v) is 22.0. The van der Waals surface area contributed by atoms with E-state index in [0.717, 1.165) is 43.6 Å². The third-order valence-corrected chi connectivity index (χ3v) is 7.93. The van der Waals surface area contributed by atoms with Gasteiger partial charge in [-0.1, -0.05) is 36.4 Å². The second kappa shape index (κ2) is 13.5. The number of carboxylic acid groups (broad SMARTS) is 1. The van der Waals surface area contributed by atoms with Crippen LogP contribution in [0.2, 0.25) is 0 Å². The summed E-state index contributed by atoms with van der Waals surface area (Å²) in [6.07, 6.45) is -0.825. The topological polar surface area (TPSA) is 108 Å². The van der Waals surface area contributed by atoms with Crippen molar-refractivity contribution in [2.24, 2.45) is 0 Å². The highest BCUT2D eigenvalue weighted by atomic mass is 32.2. The Balaban J connectivity index is 0.000000505. The van der Waals surface area contributed by atoms with Crippen LogP contribution in [0, 0.1) is 0 Å². The molecule has 1 unspecified atom stereocenters. The van der Waals surface area contributed by atoms with Crippen LogP contribution in [0.1, 0.15) is 31.2 Å². The SMILES string of the molecule is CN1CCC(NCc2ccc(-c3cccc(S(=O)(=O)NCC4CCCO4)c3)cc2)CC1.O=C(O)C(F)(F)F. The molecule has 12 heteroatoms. The smallest absolute Gasteiger partial charge is 0.475 e. The van der Waals surface area contributed by atoms with Gasteiger partial charge in [0, 0.05) is 25.7 Å². The largest absolute Gasteiger partial charge is 0.490 e. The lowest BCUT2D eigenvalue weighted by Crippen LogP contribution is -2.40. The minimum absolute atomic E-state index is 0.0198. The lowest BCUT2D eigenvalue weighted by atomic mass is 10.0. The van der Waals surface area contributed by atoms with Gasteiger partial charge in [0.05, 0.1) is 11.0 Å². The fourth-order valence-electron chi connectivity index (χ4n) is 4.22. The Labute approximate surface area is 221 Å². The maximum Gasteiger partial charge on any atom is 0.490 e. The first-order valence-corrected chi connectivity index (χ1v) is 13.9. The Kier molecular flexibility index (Phi) is 10.7. The fourth-order valence-corrected chi connectivity index (χ4v) is 5.34. The Morgan fingerprint density at radius 1 is 1.08 bits per heavy atom. The highest BCUT2D eigenvalue weighted by molar-refractivity contribution is 7.89. The molecule has 2 aliphatic heterocycles. The van der Waals surface area contributed by atoms with Crippen molar-refractivity contribution in [2.45, 2.75) is 55.4 Å². The van der Waals surface area contributed by atoms with Gasteiger partial charge in [0.1, 0.15) is 0 Å². The Hall–Kier alpha value is -2.51. The Morgan fingerprint density at radius 3 is 2.32 bits per heavy atom. The molecule has 2 aromatic carbocycles. The lowest BCUT2D eigenvalue weighted by Gasteiger charge is -2.29. The molecule has 4 rings (SSSR count). The number of ether oxygens (including phenoxy) is 1. The average Bonchev–Trinajstić information content (AvgIpc) is 3.41. The molecule has 0 aromatic heterocycles. The molecule has 0 amide bonds. The summed E-state index contributed by atoms with van der Waals surface area (Å²) in [4.78, 5) is 11.6. The van der Waals surface area contributed by atoms with Gasteiger partial charge in [0.15, 0.2) is 0 Å². The lowest BCUT2D eigenvalue weighted by molar-refractivity contribution is -0.192. The highest BCUT2D eigenvalue weighted by Gasteiger charge is 2.38. The number of likely N-dealkylation sites (tertiary alicyclic amines) is 1. The van der Waals surface area contributed by atoms with E-state index in [-0.39, 0.29) is 11.0 Å². The summed E-state index contributed by atoms with van der Waals surface area (Å²) in [7, 11) is -1.38. The van der Waals surface area contributed by atoms with Crippen LogP contribution in [-0.4, -0.2) is 76.0 Å². The molecule has 2 fully saturated rings. The number of halogens is 3. The number of aliphatic carboxylic acids is 1. The summed E-state index contributed by atoms with van der Waals surface area (Å²) in [5.74, 6) is -2.76. The maximum atomic E-state index is 12.7. The zero-order valence-electron chi connectivity index (χ0n) is 21.2. The number of hydrogen-bond donors (Lipinski definition) is 3. The summed E-state index contributed by atoms with van der Waals surface area (Å²) in [5.41, 5.74) is 3.15. The van der Waals surface area contributed by atoms with Crippen LogP contribution in [-0.2, 0) is 26.1 Å². The van der Waals surface area contributed by atoms with Crippen molar-refractivity contribution in [3.05, 3.63) is 54.1 Å². The molecule has 2 aliphatic rings. The van der Waals surface area contributed by atoms with Crippen LogP contribution in [0.4, 0.5) is 13.2 Å². The average molecular weight is 558 g/mol. The molecule has 38 heavy (non-hydrogen) atoms. The molecule has 2 heterocycles. The maximum absolute atomic E-state index is 12.7. The van der Waals surface area contributed by atoms with Gasteiger partial charge in [-0.15, -0.1) is 0 Å². The molecule has 2 aromatic rings. The van der Waals surface area contributed by atoms with E-state index < -0.39 is 22.2 Å². The number of carbonyl (C=O) groups is 1. The van der Waals surface area contributed by atoms with Gasteiger partial charge in [-0.3, -0.25) is 0 Å². The second-order valence-corrected chi connectivity index (χ2v) is 11.2. The van der Waals surface area contributed by atoms with Crippen molar-refractivity contribution >= 4 is 16.0 Å². The number of rotatable bonds is 8. The molecule has 1 atom stereocenters. The van der Waals surface area contributed by atoms with Gasteiger partial charge >= 0.3 is 12.1 Å². The molecule has 0 radical (unpaired) electrons. The summed E-state index contributed by atoms with van der Waals surface area (Å²) in [6, 6.07) is 16.1. The zero-order chi connectivity index (χ0) is 27.8. The number of carboxylic acids is 1. The number of nitrogens with one attached hydrogen (secondary N) is 2. The highest BCUT2D eigenvalue weighted by Crippen LogP contribution is 2.23. The van der Waals surface area contributed by atoms with E-state index in [1.54, 1.807) is 18.2 Å². The predicted octanol–water partition coefficient (Wildman–Crippen LogP) is 3.63. The molecule has 2 saturated heterocycles. The molecule has 0 aliphatic carbocycles. The van der Waals surface area contributed by atoms with Crippen molar-refractivity contribution < 1.29 is 36.2 Å². The first-order chi connectivity index (χ1) is 17.9. The van der Waals surface area contributed by atoms with E-state index in [4.69, 9.17) is 14.6 Å². The van der Waals surface area contributed by atoms with E-state index in [1.165, 1.54) is 18.4 Å². The van der Waals surface area contributed by atoms with E-state index in [9.17, 15) is 21.6 Å². The standard InChI is InChI=1S/C24H33N3O3S.C2HF3O2/c1-27-13-11-22(12-14-27)25-17-19-7-9-20(10-8-19)21-4-2-6-24(16-21)31(28,29)26-18-23-5-3-15-30-23;3-2(4,5)1(6)7/h2,4,6-10,16,22-23,25-26H,3,5,11-15,17-18H2,1H3;(H,6,7). The predicted molar refractivity (Wildman–Crippen MR) is 137 cm³/mol. The van der Waals surface area contributed by atoms with Gasteiger partial charge in [0.25, 0.3) is 0 Å². The molecule has 0 bridgehead atoms. The Morgan fingerprint density at radius 2 is 1.74 bits per heavy atom. The van der Waals surface area contributed by atoms with Crippen molar-refractivity contribution in [3.8, 4) is 11.1 Å². The number of alkyl halides is 3. The molecule has 8 nitrogen and oxygen atoms in total. The van der Waals surface area contributed by atoms with Gasteiger partial charge in [-0.25, -0.2) is 17.9 Å². The van der Waals surface area contributed by atoms with E-state index >= 15 is 0 Å². The third kappa shape index (κ3) is 9.35. The number of piperidine rings is 1. The number of sulfonamides is 1. The van der Waals surface area contributed by atoms with Gasteiger partial charge < -0.3 is 20.1 Å². The van der Waals surface area contributed by atoms with Crippen LogP contribution in [0.15, 0.2) is 53.4 Å². The third-order valence-electron chi connectivity index (χ3n) is 6.51. The fraction of sp³-hybridized carbons (Fsp3) is 0.500. The van der Waals surface area contributed by atoms with Crippen molar-refractivity contribution in [2.75, 3.05) is 33.3 Å². The molecular formula is C26H34F3N3O5S. The van der Waals surface area contributed by atoms with E-state index in [2.05, 4.69) is 46.3 Å².